The van der Waals surface area contributed by atoms with E-state index in [0.717, 1.165) is 0 Å². The zero-order chi connectivity index (χ0) is 22.4. The van der Waals surface area contributed by atoms with Gasteiger partial charge < -0.3 is 33.5 Å². The van der Waals surface area contributed by atoms with Crippen molar-refractivity contribution in [1.29, 1.82) is 0 Å². The summed E-state index contributed by atoms with van der Waals surface area (Å²) in [7, 11) is -4.46. The number of hydrogen-bond donors (Lipinski definition) is 2. The van der Waals surface area contributed by atoms with Gasteiger partial charge in [0.1, 0.15) is 6.61 Å². The van der Waals surface area contributed by atoms with Crippen LogP contribution in [0, 0.1) is 0 Å². The lowest BCUT2D eigenvalue weighted by molar-refractivity contribution is -0.144. The Morgan fingerprint density at radius 2 is 1.24 bits per heavy atom. The smallest absolute Gasteiger partial charge is 0.460 e. The van der Waals surface area contributed by atoms with Crippen molar-refractivity contribution in [3.8, 4) is 0 Å². The minimum atomic E-state index is -4.46. The topological polar surface area (TPSA) is 130 Å². The summed E-state index contributed by atoms with van der Waals surface area (Å²) in [5.74, 6) is -0.441. The van der Waals surface area contributed by atoms with Crippen molar-refractivity contribution >= 4 is 13.8 Å². The van der Waals surface area contributed by atoms with E-state index in [0.29, 0.717) is 25.4 Å². The van der Waals surface area contributed by atoms with Gasteiger partial charge in [0.15, 0.2) is 0 Å². The van der Waals surface area contributed by atoms with Gasteiger partial charge in [0.2, 0.25) is 0 Å². The van der Waals surface area contributed by atoms with E-state index in [-0.39, 0.29) is 44.2 Å². The van der Waals surface area contributed by atoms with Crippen LogP contribution in [0.2, 0.25) is 0 Å². The van der Waals surface area contributed by atoms with Crippen LogP contribution < -0.4 is 0 Å². The summed E-state index contributed by atoms with van der Waals surface area (Å²) in [4.78, 5) is 28.4. The molecule has 0 amide bonds. The van der Waals surface area contributed by atoms with Crippen molar-refractivity contribution in [3.05, 3.63) is 12.2 Å². The van der Waals surface area contributed by atoms with Gasteiger partial charge in [0.05, 0.1) is 57.5 Å². The van der Waals surface area contributed by atoms with Gasteiger partial charge in [0, 0.05) is 5.57 Å². The van der Waals surface area contributed by atoms with Gasteiger partial charge in [-0.15, -0.1) is 0 Å². The molecule has 0 aliphatic heterocycles. The number of phosphoric acid groups is 1. The van der Waals surface area contributed by atoms with Crippen LogP contribution in [0.4, 0.5) is 0 Å². The number of phosphoric ester groups is 1. The Balaban J connectivity index is 3.79. The minimum absolute atomic E-state index is 0.0504. The normalized spacial score (nSPS) is 16.1. The number of rotatable bonds is 17. The molecule has 4 atom stereocenters. The molecule has 11 heteroatoms. The van der Waals surface area contributed by atoms with Crippen molar-refractivity contribution in [2.45, 2.75) is 59.0 Å². The lowest BCUT2D eigenvalue weighted by atomic mass is 10.3. The third-order valence-corrected chi connectivity index (χ3v) is 3.91. The molecule has 0 rings (SSSR count). The molecule has 0 radical (unpaired) electrons. The Morgan fingerprint density at radius 3 is 1.66 bits per heavy atom. The summed E-state index contributed by atoms with van der Waals surface area (Å²) >= 11 is 0. The minimum Gasteiger partial charge on any atom is -0.460 e. The van der Waals surface area contributed by atoms with Gasteiger partial charge in [-0.3, -0.25) is 4.52 Å². The van der Waals surface area contributed by atoms with E-state index in [4.69, 9.17) is 33.5 Å². The molecule has 0 spiro atoms. The van der Waals surface area contributed by atoms with E-state index in [9.17, 15) is 9.36 Å². The number of hydrogen-bond acceptors (Lipinski definition) is 8. The maximum absolute atomic E-state index is 11.3. The number of esters is 1. The van der Waals surface area contributed by atoms with Gasteiger partial charge in [-0.25, -0.2) is 9.36 Å². The Kier molecular flexibility index (Phi) is 14.6. The van der Waals surface area contributed by atoms with Crippen molar-refractivity contribution in [1.82, 2.24) is 0 Å². The lowest BCUT2D eigenvalue weighted by Gasteiger charge is -2.21. The van der Waals surface area contributed by atoms with Crippen LogP contribution in [0.25, 0.3) is 0 Å². The molecule has 4 unspecified atom stereocenters. The van der Waals surface area contributed by atoms with E-state index < -0.39 is 13.8 Å². The first-order chi connectivity index (χ1) is 13.4. The second-order valence-electron chi connectivity index (χ2n) is 6.82. The Labute approximate surface area is 172 Å². The van der Waals surface area contributed by atoms with Crippen molar-refractivity contribution < 1.29 is 47.4 Å². The second-order valence-corrected chi connectivity index (χ2v) is 8.06. The van der Waals surface area contributed by atoms with E-state index in [2.05, 4.69) is 11.1 Å². The highest BCUT2D eigenvalue weighted by atomic mass is 31.2. The molecule has 2 N–H and O–H groups in total. The Hall–Kier alpha value is -0.840. The molecule has 0 heterocycles. The monoisotopic (exact) mass is 442 g/mol. The summed E-state index contributed by atoms with van der Waals surface area (Å²) in [5, 5.41) is 0. The number of carbonyl (C=O) groups is 1. The highest BCUT2D eigenvalue weighted by Gasteiger charge is 2.15. The molecule has 0 bridgehead atoms. The lowest BCUT2D eigenvalue weighted by Crippen LogP contribution is -2.28. The van der Waals surface area contributed by atoms with Gasteiger partial charge in [-0.2, -0.15) is 0 Å². The first-order valence-corrected chi connectivity index (χ1v) is 10.9. The van der Waals surface area contributed by atoms with Crippen molar-refractivity contribution in [2.75, 3.05) is 39.6 Å². The molecule has 0 aliphatic rings. The average molecular weight is 442 g/mol. The van der Waals surface area contributed by atoms with E-state index in [1.54, 1.807) is 20.8 Å². The van der Waals surface area contributed by atoms with E-state index in [1.165, 1.54) is 0 Å². The van der Waals surface area contributed by atoms with Crippen LogP contribution in [0.1, 0.15) is 34.6 Å². The summed E-state index contributed by atoms with van der Waals surface area (Å²) in [6.07, 6.45) is -0.866. The molecular weight excluding hydrogens is 407 g/mol. The maximum Gasteiger partial charge on any atom is 0.469 e. The second kappa shape index (κ2) is 15.0. The number of carbonyl (C=O) groups excluding carboxylic acids is 1. The fourth-order valence-electron chi connectivity index (χ4n) is 1.81. The molecule has 0 aromatic heterocycles. The highest BCUT2D eigenvalue weighted by Crippen LogP contribution is 2.35. The van der Waals surface area contributed by atoms with E-state index >= 15 is 0 Å². The van der Waals surface area contributed by atoms with Crippen LogP contribution in [-0.2, 0) is 37.6 Å². The molecule has 0 aromatic rings. The zero-order valence-corrected chi connectivity index (χ0v) is 18.8. The molecule has 0 aliphatic carbocycles. The van der Waals surface area contributed by atoms with Gasteiger partial charge in [-0.05, 0) is 34.6 Å². The Morgan fingerprint density at radius 1 is 0.828 bits per heavy atom. The molecule has 29 heavy (non-hydrogen) atoms. The van der Waals surface area contributed by atoms with Crippen molar-refractivity contribution in [3.63, 3.8) is 0 Å². The SMILES string of the molecule is C=C(C)C(=O)OCC(C)OCC(C)OCC(C)OCC(C)OCCOP(=O)(O)O. The fraction of sp³-hybridized carbons (Fsp3) is 0.833. The molecule has 0 saturated carbocycles. The van der Waals surface area contributed by atoms with Gasteiger partial charge >= 0.3 is 13.8 Å². The van der Waals surface area contributed by atoms with Crippen LogP contribution >= 0.6 is 7.82 Å². The summed E-state index contributed by atoms with van der Waals surface area (Å²) in [5.41, 5.74) is 0.345. The zero-order valence-electron chi connectivity index (χ0n) is 17.9. The molecule has 0 fully saturated rings. The van der Waals surface area contributed by atoms with Gasteiger partial charge in [0.25, 0.3) is 0 Å². The predicted molar refractivity (Wildman–Crippen MR) is 105 cm³/mol. The standard InChI is InChI=1S/C18H35O10P/c1-13(2)18(19)27-12-17(6)26-11-16(5)25-10-15(4)24-9-14(3)23-7-8-28-29(20,21)22/h14-17H,1,7-12H2,2-6H3,(H2,20,21,22). The molecular formula is C18H35O10P. The summed E-state index contributed by atoms with van der Waals surface area (Å²) < 4.78 is 42.0. The van der Waals surface area contributed by atoms with E-state index in [1.807, 2.05) is 13.8 Å². The largest absolute Gasteiger partial charge is 0.469 e. The third kappa shape index (κ3) is 17.7. The third-order valence-electron chi connectivity index (χ3n) is 3.39. The quantitative estimate of drug-likeness (QED) is 0.149. The molecule has 0 saturated heterocycles. The maximum atomic E-state index is 11.3. The predicted octanol–water partition coefficient (Wildman–Crippen LogP) is 1.84. The van der Waals surface area contributed by atoms with Crippen LogP contribution in [-0.4, -0.2) is 79.8 Å². The van der Waals surface area contributed by atoms with Crippen LogP contribution in [0.15, 0.2) is 12.2 Å². The van der Waals surface area contributed by atoms with Crippen molar-refractivity contribution in [2.24, 2.45) is 0 Å². The first-order valence-electron chi connectivity index (χ1n) is 9.39. The molecule has 10 nitrogen and oxygen atoms in total. The first kappa shape index (κ1) is 28.2. The van der Waals surface area contributed by atoms with Gasteiger partial charge in [-0.1, -0.05) is 6.58 Å². The fourth-order valence-corrected chi connectivity index (χ4v) is 2.13. The van der Waals surface area contributed by atoms with Crippen LogP contribution in [0.3, 0.4) is 0 Å². The Bertz CT molecular complexity index is 521. The molecule has 172 valence electrons. The highest BCUT2D eigenvalue weighted by molar-refractivity contribution is 7.46. The van der Waals surface area contributed by atoms with Crippen LogP contribution in [0.5, 0.6) is 0 Å². The molecule has 0 aromatic carbocycles. The average Bonchev–Trinajstić information content (AvgIpc) is 2.63. The summed E-state index contributed by atoms with van der Waals surface area (Å²) in [6, 6.07) is 0. The number of ether oxygens (including phenoxy) is 5. The summed E-state index contributed by atoms with van der Waals surface area (Å²) in [6.45, 7) is 13.4.